The van der Waals surface area contributed by atoms with E-state index in [4.69, 9.17) is 9.47 Å². The number of nitrogens with zero attached hydrogens (tertiary/aromatic N) is 2. The Hall–Kier alpha value is -2.29. The van der Waals surface area contributed by atoms with Crippen LogP contribution in [0.4, 0.5) is 15.4 Å². The lowest BCUT2D eigenvalue weighted by Gasteiger charge is -2.22. The third-order valence-electron chi connectivity index (χ3n) is 2.71. The van der Waals surface area contributed by atoms with Gasteiger partial charge in [-0.2, -0.15) is 4.99 Å². The van der Waals surface area contributed by atoms with E-state index in [1.807, 2.05) is 19.2 Å². The molecule has 0 aromatic carbocycles. The van der Waals surface area contributed by atoms with Crippen LogP contribution >= 0.6 is 11.8 Å². The number of pyridine rings is 1. The van der Waals surface area contributed by atoms with E-state index < -0.39 is 23.4 Å². The normalized spacial score (nSPS) is 11.4. The fraction of sp³-hybridized carbons (Fsp3) is 0.556. The number of aryl methyl sites for hydroxylation is 1. The zero-order valence-corrected chi connectivity index (χ0v) is 17.9. The molecule has 2 N–H and O–H groups in total. The van der Waals surface area contributed by atoms with Gasteiger partial charge in [0.05, 0.1) is 5.69 Å². The Labute approximate surface area is 164 Å². The van der Waals surface area contributed by atoms with Gasteiger partial charge >= 0.3 is 12.2 Å². The lowest BCUT2D eigenvalue weighted by atomic mass is 10.2. The van der Waals surface area contributed by atoms with E-state index in [1.54, 1.807) is 59.4 Å². The second-order valence-corrected chi connectivity index (χ2v) is 8.52. The molecule has 0 spiro atoms. The Morgan fingerprint density at radius 3 is 1.85 bits per heavy atom. The number of guanidine groups is 1. The molecule has 1 heterocycles. The van der Waals surface area contributed by atoms with Crippen molar-refractivity contribution in [3.63, 3.8) is 0 Å². The van der Waals surface area contributed by atoms with Gasteiger partial charge in [0.15, 0.2) is 5.82 Å². The Kier molecular flexibility index (Phi) is 7.65. The number of hydrogen-bond acceptors (Lipinski definition) is 7. The van der Waals surface area contributed by atoms with Gasteiger partial charge in [-0.15, -0.1) is 11.8 Å². The fourth-order valence-corrected chi connectivity index (χ4v) is 2.36. The maximum Gasteiger partial charge on any atom is 0.414 e. The second-order valence-electron chi connectivity index (χ2n) is 7.67. The van der Waals surface area contributed by atoms with E-state index in [9.17, 15) is 9.59 Å². The molecule has 0 aliphatic heterocycles. The summed E-state index contributed by atoms with van der Waals surface area (Å²) in [6.45, 7) is 12.3. The number of carbonyl (C=O) groups excluding carboxylic acids is 2. The molecule has 1 aromatic rings. The van der Waals surface area contributed by atoms with Crippen molar-refractivity contribution in [1.82, 2.24) is 15.6 Å². The molecular formula is C18H28N4O4S. The first-order chi connectivity index (χ1) is 12.3. The Balaban J connectivity index is 3.07. The van der Waals surface area contributed by atoms with Gasteiger partial charge in [-0.1, -0.05) is 0 Å². The summed E-state index contributed by atoms with van der Waals surface area (Å²) < 4.78 is 10.4. The predicted octanol–water partition coefficient (Wildman–Crippen LogP) is 4.15. The molecule has 0 saturated heterocycles. The summed E-state index contributed by atoms with van der Waals surface area (Å²) in [5, 5.41) is 4.84. The van der Waals surface area contributed by atoms with Crippen LogP contribution in [0.15, 0.2) is 22.0 Å². The quantitative estimate of drug-likeness (QED) is 0.442. The molecule has 0 aliphatic carbocycles. The van der Waals surface area contributed by atoms with Crippen LogP contribution in [0.3, 0.4) is 0 Å². The van der Waals surface area contributed by atoms with E-state index in [0.29, 0.717) is 5.82 Å². The zero-order chi connectivity index (χ0) is 20.8. The fourth-order valence-electron chi connectivity index (χ4n) is 1.82. The van der Waals surface area contributed by atoms with Crippen molar-refractivity contribution in [3.8, 4) is 0 Å². The first-order valence-electron chi connectivity index (χ1n) is 8.39. The number of ether oxygens (including phenoxy) is 2. The minimum absolute atomic E-state index is 0.137. The molecule has 1 rings (SSSR count). The minimum atomic E-state index is -0.755. The minimum Gasteiger partial charge on any atom is -0.444 e. The van der Waals surface area contributed by atoms with Gasteiger partial charge in [0.2, 0.25) is 5.96 Å². The number of rotatable bonds is 2. The predicted molar refractivity (Wildman–Crippen MR) is 107 cm³/mol. The van der Waals surface area contributed by atoms with Crippen molar-refractivity contribution >= 4 is 35.7 Å². The molecule has 0 unspecified atom stereocenters. The number of nitrogens with one attached hydrogen (secondary N) is 2. The highest BCUT2D eigenvalue weighted by atomic mass is 32.2. The Bertz CT molecular complexity index is 689. The van der Waals surface area contributed by atoms with Crippen molar-refractivity contribution in [2.45, 2.75) is 64.6 Å². The van der Waals surface area contributed by atoms with Crippen molar-refractivity contribution in [1.29, 1.82) is 0 Å². The van der Waals surface area contributed by atoms with Crippen LogP contribution in [0.5, 0.6) is 0 Å². The molecule has 0 fully saturated rings. The maximum absolute atomic E-state index is 12.1. The SMILES string of the molecule is CSc1ccc(N=C(NC(=O)OC(C)(C)C)NC(=O)OC(C)(C)C)nc1C. The molecule has 2 amide bonds. The van der Waals surface area contributed by atoms with Gasteiger partial charge in [-0.25, -0.2) is 14.6 Å². The number of thioether (sulfide) groups is 1. The largest absolute Gasteiger partial charge is 0.444 e. The van der Waals surface area contributed by atoms with E-state index in [1.165, 1.54) is 0 Å². The van der Waals surface area contributed by atoms with Crippen LogP contribution in [-0.2, 0) is 9.47 Å². The zero-order valence-electron chi connectivity index (χ0n) is 17.1. The summed E-state index contributed by atoms with van der Waals surface area (Å²) in [5.74, 6) is 0.190. The van der Waals surface area contributed by atoms with E-state index in [2.05, 4.69) is 20.6 Å². The van der Waals surface area contributed by atoms with Gasteiger partial charge in [0.1, 0.15) is 11.2 Å². The summed E-state index contributed by atoms with van der Waals surface area (Å²) >= 11 is 1.57. The van der Waals surface area contributed by atoms with Crippen molar-refractivity contribution in [3.05, 3.63) is 17.8 Å². The maximum atomic E-state index is 12.1. The summed E-state index contributed by atoms with van der Waals surface area (Å²) in [6.07, 6.45) is 0.441. The lowest BCUT2D eigenvalue weighted by Crippen LogP contribution is -2.47. The van der Waals surface area contributed by atoms with Crippen LogP contribution in [0.1, 0.15) is 47.2 Å². The van der Waals surface area contributed by atoms with Crippen LogP contribution in [-0.4, -0.2) is 40.6 Å². The van der Waals surface area contributed by atoms with Crippen LogP contribution < -0.4 is 10.6 Å². The number of aromatic nitrogens is 1. The van der Waals surface area contributed by atoms with Crippen LogP contribution in [0.25, 0.3) is 0 Å². The van der Waals surface area contributed by atoms with Gasteiger partial charge in [0, 0.05) is 4.90 Å². The highest BCUT2D eigenvalue weighted by Crippen LogP contribution is 2.21. The van der Waals surface area contributed by atoms with Crippen molar-refractivity contribution in [2.24, 2.45) is 4.99 Å². The first-order valence-corrected chi connectivity index (χ1v) is 9.62. The van der Waals surface area contributed by atoms with Gasteiger partial charge in [0.25, 0.3) is 0 Å². The van der Waals surface area contributed by atoms with E-state index >= 15 is 0 Å². The standard InChI is InChI=1S/C18H28N4O4S/c1-11-12(27-8)9-10-13(19-11)20-14(21-15(23)25-17(2,3)4)22-16(24)26-18(5,6)7/h9-10H,1-8H3,(H2,19,20,21,22,23,24). The molecule has 0 bridgehead atoms. The highest BCUT2D eigenvalue weighted by Gasteiger charge is 2.21. The number of alkyl carbamates (subject to hydrolysis) is 2. The average molecular weight is 397 g/mol. The number of carbonyl (C=O) groups is 2. The number of amides is 2. The van der Waals surface area contributed by atoms with Gasteiger partial charge in [-0.3, -0.25) is 10.6 Å². The van der Waals surface area contributed by atoms with Crippen molar-refractivity contribution in [2.75, 3.05) is 6.26 Å². The second kappa shape index (κ2) is 9.07. The molecule has 0 aliphatic rings. The number of aliphatic imine (C=N–C) groups is 1. The van der Waals surface area contributed by atoms with E-state index in [0.717, 1.165) is 10.6 Å². The average Bonchev–Trinajstić information content (AvgIpc) is 2.42. The highest BCUT2D eigenvalue weighted by molar-refractivity contribution is 7.98. The summed E-state index contributed by atoms with van der Waals surface area (Å²) in [7, 11) is 0. The van der Waals surface area contributed by atoms with Crippen molar-refractivity contribution < 1.29 is 19.1 Å². The lowest BCUT2D eigenvalue weighted by molar-refractivity contribution is 0.0545. The first kappa shape index (κ1) is 22.8. The van der Waals surface area contributed by atoms with E-state index in [-0.39, 0.29) is 5.96 Å². The smallest absolute Gasteiger partial charge is 0.414 e. The molecule has 9 heteroatoms. The Morgan fingerprint density at radius 1 is 1.00 bits per heavy atom. The molecule has 150 valence electrons. The Morgan fingerprint density at radius 2 is 1.48 bits per heavy atom. The molecule has 0 saturated carbocycles. The van der Waals surface area contributed by atoms with Crippen LogP contribution in [0.2, 0.25) is 0 Å². The molecule has 0 radical (unpaired) electrons. The topological polar surface area (TPSA) is 102 Å². The summed E-state index contributed by atoms with van der Waals surface area (Å²) in [6, 6.07) is 3.55. The summed E-state index contributed by atoms with van der Waals surface area (Å²) in [4.78, 5) is 33.7. The molecule has 0 atom stereocenters. The molecule has 8 nitrogen and oxygen atoms in total. The number of hydrogen-bond donors (Lipinski definition) is 2. The molecular weight excluding hydrogens is 368 g/mol. The molecule has 1 aromatic heterocycles. The monoisotopic (exact) mass is 396 g/mol. The molecule has 27 heavy (non-hydrogen) atoms. The van der Waals surface area contributed by atoms with Gasteiger partial charge in [-0.05, 0) is 66.9 Å². The third-order valence-corrected chi connectivity index (χ3v) is 3.58. The van der Waals surface area contributed by atoms with Crippen LogP contribution in [0, 0.1) is 6.92 Å². The third kappa shape index (κ3) is 9.28. The van der Waals surface area contributed by atoms with Gasteiger partial charge < -0.3 is 9.47 Å². The summed E-state index contributed by atoms with van der Waals surface area (Å²) in [5.41, 5.74) is -0.607.